The second-order valence-corrected chi connectivity index (χ2v) is 4.03. The maximum Gasteiger partial charge on any atom is 0.223 e. The summed E-state index contributed by atoms with van der Waals surface area (Å²) in [6.45, 7) is 2.55. The van der Waals surface area contributed by atoms with Gasteiger partial charge in [0.05, 0.1) is 7.11 Å². The summed E-state index contributed by atoms with van der Waals surface area (Å²) in [6, 6.07) is 5.62. The fourth-order valence-corrected chi connectivity index (χ4v) is 1.72. The maximum absolute atomic E-state index is 5.69. The molecule has 0 saturated heterocycles. The van der Waals surface area contributed by atoms with E-state index in [9.17, 15) is 0 Å². The van der Waals surface area contributed by atoms with Crippen molar-refractivity contribution in [3.05, 3.63) is 35.5 Å². The Balaban J connectivity index is 2.10. The van der Waals surface area contributed by atoms with E-state index in [0.717, 1.165) is 23.5 Å². The number of hydrogen-bond donors (Lipinski definition) is 1. The molecule has 1 aromatic heterocycles. The predicted molar refractivity (Wildman–Crippen MR) is 69.1 cm³/mol. The lowest BCUT2D eigenvalue weighted by molar-refractivity contribution is 0.282. The van der Waals surface area contributed by atoms with E-state index in [1.165, 1.54) is 0 Å². The van der Waals surface area contributed by atoms with Crippen LogP contribution in [0.15, 0.2) is 22.7 Å². The molecule has 1 aromatic carbocycles. The lowest BCUT2D eigenvalue weighted by Crippen LogP contribution is -2.06. The fourth-order valence-electron chi connectivity index (χ4n) is 1.72. The number of nitrogens with two attached hydrogens (primary N) is 1. The van der Waals surface area contributed by atoms with Crippen molar-refractivity contribution in [2.24, 2.45) is 5.73 Å². The SMILES string of the molecule is COc1ccc(OCc2noc(C)n2)c(CCN)c1. The van der Waals surface area contributed by atoms with Crippen LogP contribution in [0.5, 0.6) is 11.5 Å². The first-order valence-corrected chi connectivity index (χ1v) is 6.02. The molecule has 0 aliphatic rings. The van der Waals surface area contributed by atoms with Crippen LogP contribution in [0.2, 0.25) is 0 Å². The summed E-state index contributed by atoms with van der Waals surface area (Å²) in [7, 11) is 1.63. The molecule has 0 atom stereocenters. The Kier molecular flexibility index (Phi) is 4.35. The van der Waals surface area contributed by atoms with Crippen molar-refractivity contribution >= 4 is 0 Å². The molecule has 2 aromatic rings. The number of rotatable bonds is 6. The molecule has 6 heteroatoms. The molecule has 2 rings (SSSR count). The molecule has 0 radical (unpaired) electrons. The molecule has 0 bridgehead atoms. The first-order valence-electron chi connectivity index (χ1n) is 6.02. The molecule has 0 saturated carbocycles. The van der Waals surface area contributed by atoms with Gasteiger partial charge in [0.2, 0.25) is 11.7 Å². The van der Waals surface area contributed by atoms with E-state index in [-0.39, 0.29) is 6.61 Å². The third-order valence-electron chi connectivity index (χ3n) is 2.61. The maximum atomic E-state index is 5.69. The van der Waals surface area contributed by atoms with Gasteiger partial charge in [0.15, 0.2) is 6.61 Å². The van der Waals surface area contributed by atoms with Gasteiger partial charge >= 0.3 is 0 Å². The minimum absolute atomic E-state index is 0.265. The quantitative estimate of drug-likeness (QED) is 0.849. The summed E-state index contributed by atoms with van der Waals surface area (Å²) >= 11 is 0. The van der Waals surface area contributed by atoms with Crippen LogP contribution in [-0.4, -0.2) is 23.8 Å². The molecular formula is C13H17N3O3. The highest BCUT2D eigenvalue weighted by atomic mass is 16.5. The molecule has 0 unspecified atom stereocenters. The van der Waals surface area contributed by atoms with E-state index in [1.807, 2.05) is 18.2 Å². The number of methoxy groups -OCH3 is 1. The zero-order valence-electron chi connectivity index (χ0n) is 11.0. The van der Waals surface area contributed by atoms with Crippen molar-refractivity contribution < 1.29 is 14.0 Å². The molecule has 19 heavy (non-hydrogen) atoms. The Morgan fingerprint density at radius 2 is 2.21 bits per heavy atom. The highest BCUT2D eigenvalue weighted by Gasteiger charge is 2.08. The summed E-state index contributed by atoms with van der Waals surface area (Å²) in [5.41, 5.74) is 6.60. The number of ether oxygens (including phenoxy) is 2. The predicted octanol–water partition coefficient (Wildman–Crippen LogP) is 1.47. The molecular weight excluding hydrogens is 246 g/mol. The van der Waals surface area contributed by atoms with Gasteiger partial charge in [-0.25, -0.2) is 0 Å². The van der Waals surface area contributed by atoms with E-state index < -0.39 is 0 Å². The summed E-state index contributed by atoms with van der Waals surface area (Å²) in [6.07, 6.45) is 0.720. The van der Waals surface area contributed by atoms with Gasteiger partial charge in [-0.05, 0) is 36.7 Å². The van der Waals surface area contributed by atoms with Crippen molar-refractivity contribution in [2.75, 3.05) is 13.7 Å². The Labute approximate surface area is 111 Å². The summed E-state index contributed by atoms with van der Waals surface area (Å²) in [5.74, 6) is 2.59. The molecule has 0 spiro atoms. The number of hydrogen-bond acceptors (Lipinski definition) is 6. The van der Waals surface area contributed by atoms with Crippen LogP contribution in [0.4, 0.5) is 0 Å². The van der Waals surface area contributed by atoms with Gasteiger partial charge in [-0.15, -0.1) is 0 Å². The minimum Gasteiger partial charge on any atom is -0.497 e. The van der Waals surface area contributed by atoms with Crippen LogP contribution in [0.1, 0.15) is 17.3 Å². The number of aromatic nitrogens is 2. The van der Waals surface area contributed by atoms with Crippen LogP contribution >= 0.6 is 0 Å². The zero-order valence-corrected chi connectivity index (χ0v) is 11.0. The molecule has 1 heterocycles. The highest BCUT2D eigenvalue weighted by molar-refractivity contribution is 5.40. The van der Waals surface area contributed by atoms with Gasteiger partial charge in [0.25, 0.3) is 0 Å². The van der Waals surface area contributed by atoms with Crippen molar-refractivity contribution in [1.29, 1.82) is 0 Å². The van der Waals surface area contributed by atoms with E-state index in [1.54, 1.807) is 14.0 Å². The number of aryl methyl sites for hydroxylation is 1. The summed E-state index contributed by atoms with van der Waals surface area (Å²) < 4.78 is 15.8. The highest BCUT2D eigenvalue weighted by Crippen LogP contribution is 2.25. The lowest BCUT2D eigenvalue weighted by atomic mass is 10.1. The molecule has 6 nitrogen and oxygen atoms in total. The molecule has 102 valence electrons. The average Bonchev–Trinajstić information content (AvgIpc) is 2.83. The smallest absolute Gasteiger partial charge is 0.223 e. The first kappa shape index (κ1) is 13.4. The van der Waals surface area contributed by atoms with E-state index >= 15 is 0 Å². The van der Waals surface area contributed by atoms with Crippen molar-refractivity contribution in [3.8, 4) is 11.5 Å². The minimum atomic E-state index is 0.265. The van der Waals surface area contributed by atoms with Crippen LogP contribution in [0.25, 0.3) is 0 Å². The lowest BCUT2D eigenvalue weighted by Gasteiger charge is -2.11. The monoisotopic (exact) mass is 263 g/mol. The second kappa shape index (κ2) is 6.19. The van der Waals surface area contributed by atoms with Crippen LogP contribution in [0.3, 0.4) is 0 Å². The Hall–Kier alpha value is -2.08. The van der Waals surface area contributed by atoms with Gasteiger partial charge in [-0.3, -0.25) is 0 Å². The van der Waals surface area contributed by atoms with Gasteiger partial charge in [0.1, 0.15) is 11.5 Å². The van der Waals surface area contributed by atoms with Crippen molar-refractivity contribution in [2.45, 2.75) is 20.0 Å². The van der Waals surface area contributed by atoms with Crippen molar-refractivity contribution in [3.63, 3.8) is 0 Å². The summed E-state index contributed by atoms with van der Waals surface area (Å²) in [5, 5.41) is 3.78. The first-order chi connectivity index (χ1) is 9.22. The topological polar surface area (TPSA) is 83.4 Å². The van der Waals surface area contributed by atoms with Gasteiger partial charge in [0, 0.05) is 6.92 Å². The average molecular weight is 263 g/mol. The Morgan fingerprint density at radius 1 is 1.37 bits per heavy atom. The van der Waals surface area contributed by atoms with E-state index in [2.05, 4.69) is 10.1 Å². The van der Waals surface area contributed by atoms with E-state index in [0.29, 0.717) is 18.3 Å². The molecule has 0 aliphatic heterocycles. The van der Waals surface area contributed by atoms with Gasteiger partial charge in [-0.1, -0.05) is 5.16 Å². The van der Waals surface area contributed by atoms with E-state index in [4.69, 9.17) is 19.7 Å². The largest absolute Gasteiger partial charge is 0.497 e. The van der Waals surface area contributed by atoms with Crippen LogP contribution < -0.4 is 15.2 Å². The summed E-state index contributed by atoms with van der Waals surface area (Å²) in [4.78, 5) is 4.08. The van der Waals surface area contributed by atoms with Gasteiger partial charge < -0.3 is 19.7 Å². The zero-order chi connectivity index (χ0) is 13.7. The van der Waals surface area contributed by atoms with Crippen LogP contribution in [0, 0.1) is 6.92 Å². The molecule has 0 aliphatic carbocycles. The molecule has 2 N–H and O–H groups in total. The Bertz CT molecular complexity index is 540. The Morgan fingerprint density at radius 3 is 2.84 bits per heavy atom. The third-order valence-corrected chi connectivity index (χ3v) is 2.61. The number of nitrogens with zero attached hydrogens (tertiary/aromatic N) is 2. The molecule has 0 amide bonds. The third kappa shape index (κ3) is 3.45. The standard InChI is InChI=1S/C13H17N3O3/c1-9-15-13(16-19-9)8-18-12-4-3-11(17-2)7-10(12)5-6-14/h3-4,7H,5-6,8,14H2,1-2H3. The number of benzene rings is 1. The molecule has 0 fully saturated rings. The second-order valence-electron chi connectivity index (χ2n) is 4.03. The van der Waals surface area contributed by atoms with Gasteiger partial charge in [-0.2, -0.15) is 4.98 Å². The fraction of sp³-hybridized carbons (Fsp3) is 0.385. The van der Waals surface area contributed by atoms with Crippen molar-refractivity contribution in [1.82, 2.24) is 10.1 Å². The normalized spacial score (nSPS) is 10.5. The van der Waals surface area contributed by atoms with Crippen LogP contribution in [-0.2, 0) is 13.0 Å².